The minimum absolute atomic E-state index is 0.318. The summed E-state index contributed by atoms with van der Waals surface area (Å²) in [6.07, 6.45) is 0. The molecule has 2 aromatic carbocycles. The molecule has 0 aliphatic rings. The maximum absolute atomic E-state index is 13.3. The first-order chi connectivity index (χ1) is 10.0. The molecule has 0 amide bonds. The van der Waals surface area contributed by atoms with E-state index in [4.69, 9.17) is 9.84 Å². The lowest BCUT2D eigenvalue weighted by Gasteiger charge is -2.09. The van der Waals surface area contributed by atoms with Gasteiger partial charge in [0.25, 0.3) is 0 Å². The van der Waals surface area contributed by atoms with E-state index in [1.165, 1.54) is 23.9 Å². The van der Waals surface area contributed by atoms with Crippen LogP contribution in [0.2, 0.25) is 0 Å². The minimum atomic E-state index is -1.27. The number of benzene rings is 2. The van der Waals surface area contributed by atoms with Crippen molar-refractivity contribution in [2.24, 2.45) is 0 Å². The largest absolute Gasteiger partial charge is 0.496 e. The molecule has 0 spiro atoms. The summed E-state index contributed by atoms with van der Waals surface area (Å²) >= 11 is 4.82. The van der Waals surface area contributed by atoms with E-state index in [0.717, 1.165) is 15.8 Å². The van der Waals surface area contributed by atoms with Crippen molar-refractivity contribution in [2.45, 2.75) is 10.6 Å². The van der Waals surface area contributed by atoms with Crippen LogP contribution in [0.15, 0.2) is 45.8 Å². The van der Waals surface area contributed by atoms with Crippen molar-refractivity contribution in [3.05, 3.63) is 57.8 Å². The Morgan fingerprint density at radius 2 is 2.10 bits per heavy atom. The normalized spacial score (nSPS) is 10.4. The van der Waals surface area contributed by atoms with Crippen molar-refractivity contribution in [2.75, 3.05) is 7.11 Å². The lowest BCUT2D eigenvalue weighted by molar-refractivity contribution is 0.0691. The fourth-order valence-electron chi connectivity index (χ4n) is 1.78. The Kier molecular flexibility index (Phi) is 5.25. The molecule has 0 saturated heterocycles. The number of thioether (sulfide) groups is 1. The highest BCUT2D eigenvalue weighted by Crippen LogP contribution is 2.30. The molecule has 0 saturated carbocycles. The number of aromatic carboxylic acids is 1. The average Bonchev–Trinajstić information content (AvgIpc) is 2.46. The minimum Gasteiger partial charge on any atom is -0.496 e. The molecule has 6 heteroatoms. The van der Waals surface area contributed by atoms with Crippen LogP contribution < -0.4 is 4.74 Å². The second-order valence-corrected chi connectivity index (χ2v) is 6.16. The molecule has 1 N–H and O–H groups in total. The van der Waals surface area contributed by atoms with E-state index < -0.39 is 11.8 Å². The number of carboxylic acids is 1. The number of halogens is 2. The fraction of sp³-hybridized carbons (Fsp3) is 0.133. The van der Waals surface area contributed by atoms with Gasteiger partial charge in [-0.15, -0.1) is 11.8 Å². The van der Waals surface area contributed by atoms with Crippen LogP contribution in [0.3, 0.4) is 0 Å². The highest BCUT2D eigenvalue weighted by molar-refractivity contribution is 9.10. The Morgan fingerprint density at radius 3 is 2.76 bits per heavy atom. The summed E-state index contributed by atoms with van der Waals surface area (Å²) in [5, 5.41) is 8.92. The zero-order valence-electron chi connectivity index (χ0n) is 11.1. The van der Waals surface area contributed by atoms with Crippen LogP contribution in [-0.2, 0) is 5.75 Å². The maximum Gasteiger partial charge on any atom is 0.338 e. The SMILES string of the molecule is COc1ccc(Br)cc1CSc1ccc(F)c(C(=O)O)c1. The zero-order chi connectivity index (χ0) is 15.4. The number of carbonyl (C=O) groups is 1. The molecule has 0 aliphatic heterocycles. The van der Waals surface area contributed by atoms with E-state index in [0.29, 0.717) is 10.6 Å². The molecule has 110 valence electrons. The van der Waals surface area contributed by atoms with E-state index in [-0.39, 0.29) is 5.56 Å². The molecule has 0 bridgehead atoms. The fourth-order valence-corrected chi connectivity index (χ4v) is 3.10. The number of rotatable bonds is 5. The number of ether oxygens (including phenoxy) is 1. The maximum atomic E-state index is 13.3. The third-order valence-corrected chi connectivity index (χ3v) is 4.34. The van der Waals surface area contributed by atoms with E-state index in [1.807, 2.05) is 18.2 Å². The first-order valence-corrected chi connectivity index (χ1v) is 7.77. The predicted octanol–water partition coefficient (Wildman–Crippen LogP) is 4.59. The quantitative estimate of drug-likeness (QED) is 0.782. The van der Waals surface area contributed by atoms with Crippen molar-refractivity contribution in [3.63, 3.8) is 0 Å². The Labute approximate surface area is 134 Å². The van der Waals surface area contributed by atoms with Gasteiger partial charge in [-0.25, -0.2) is 9.18 Å². The lowest BCUT2D eigenvalue weighted by Crippen LogP contribution is -2.00. The molecule has 21 heavy (non-hydrogen) atoms. The van der Waals surface area contributed by atoms with Crippen LogP contribution in [0, 0.1) is 5.82 Å². The Hall–Kier alpha value is -1.53. The van der Waals surface area contributed by atoms with Crippen LogP contribution in [-0.4, -0.2) is 18.2 Å². The molecule has 0 unspecified atom stereocenters. The van der Waals surface area contributed by atoms with Gasteiger partial charge in [0.1, 0.15) is 11.6 Å². The van der Waals surface area contributed by atoms with Gasteiger partial charge >= 0.3 is 5.97 Å². The van der Waals surface area contributed by atoms with Crippen LogP contribution in [0.4, 0.5) is 4.39 Å². The van der Waals surface area contributed by atoms with Crippen molar-refractivity contribution in [1.29, 1.82) is 0 Å². The van der Waals surface area contributed by atoms with Gasteiger partial charge in [-0.1, -0.05) is 15.9 Å². The van der Waals surface area contributed by atoms with E-state index in [2.05, 4.69) is 15.9 Å². The van der Waals surface area contributed by atoms with Crippen molar-refractivity contribution in [3.8, 4) is 5.75 Å². The molecule has 0 aliphatic carbocycles. The van der Waals surface area contributed by atoms with Crippen LogP contribution in [0.5, 0.6) is 5.75 Å². The summed E-state index contributed by atoms with van der Waals surface area (Å²) in [6.45, 7) is 0. The van der Waals surface area contributed by atoms with Crippen LogP contribution in [0.25, 0.3) is 0 Å². The molecular weight excluding hydrogens is 359 g/mol. The van der Waals surface area contributed by atoms with E-state index in [9.17, 15) is 9.18 Å². The average molecular weight is 371 g/mol. The molecule has 0 heterocycles. The standard InChI is InChI=1S/C15H12BrFO3S/c1-20-14-5-2-10(16)6-9(14)8-21-11-3-4-13(17)12(7-11)15(18)19/h2-7H,8H2,1H3,(H,18,19). The molecular formula is C15H12BrFO3S. The number of hydrogen-bond donors (Lipinski definition) is 1. The Bertz CT molecular complexity index is 676. The van der Waals surface area contributed by atoms with Gasteiger partial charge in [0.2, 0.25) is 0 Å². The van der Waals surface area contributed by atoms with Gasteiger partial charge < -0.3 is 9.84 Å². The van der Waals surface area contributed by atoms with E-state index in [1.54, 1.807) is 13.2 Å². The summed E-state index contributed by atoms with van der Waals surface area (Å²) in [6, 6.07) is 9.75. The highest BCUT2D eigenvalue weighted by atomic mass is 79.9. The molecule has 0 atom stereocenters. The van der Waals surface area contributed by atoms with Gasteiger partial charge in [0.05, 0.1) is 12.7 Å². The summed E-state index contributed by atoms with van der Waals surface area (Å²) in [5.41, 5.74) is 0.652. The molecule has 0 aromatic heterocycles. The van der Waals surface area contributed by atoms with Gasteiger partial charge in [-0.3, -0.25) is 0 Å². The van der Waals surface area contributed by atoms with Crippen LogP contribution >= 0.6 is 27.7 Å². The first-order valence-electron chi connectivity index (χ1n) is 5.99. The molecule has 2 rings (SSSR count). The van der Waals surface area contributed by atoms with Gasteiger partial charge in [-0.2, -0.15) is 0 Å². The van der Waals surface area contributed by atoms with Crippen molar-refractivity contribution in [1.82, 2.24) is 0 Å². The topological polar surface area (TPSA) is 46.5 Å². The monoisotopic (exact) mass is 370 g/mol. The smallest absolute Gasteiger partial charge is 0.338 e. The summed E-state index contributed by atoms with van der Waals surface area (Å²) in [5.74, 6) is -0.652. The second-order valence-electron chi connectivity index (χ2n) is 4.19. The molecule has 0 fully saturated rings. The van der Waals surface area contributed by atoms with Crippen LogP contribution in [0.1, 0.15) is 15.9 Å². The summed E-state index contributed by atoms with van der Waals surface area (Å²) in [4.78, 5) is 11.6. The summed E-state index contributed by atoms with van der Waals surface area (Å²) < 4.78 is 19.6. The van der Waals surface area contributed by atoms with Crippen molar-refractivity contribution >= 4 is 33.7 Å². The molecule has 2 aromatic rings. The third kappa shape index (κ3) is 3.98. The number of hydrogen-bond acceptors (Lipinski definition) is 3. The first kappa shape index (κ1) is 15.9. The van der Waals surface area contributed by atoms with Gasteiger partial charge in [-0.05, 0) is 36.4 Å². The lowest BCUT2D eigenvalue weighted by atomic mass is 10.2. The Morgan fingerprint density at radius 1 is 1.33 bits per heavy atom. The number of carboxylic acid groups (broad SMARTS) is 1. The highest BCUT2D eigenvalue weighted by Gasteiger charge is 2.12. The van der Waals surface area contributed by atoms with Gasteiger partial charge in [0.15, 0.2) is 0 Å². The second kappa shape index (κ2) is 6.95. The summed E-state index contributed by atoms with van der Waals surface area (Å²) in [7, 11) is 1.60. The van der Waals surface area contributed by atoms with Gasteiger partial charge in [0, 0.05) is 20.7 Å². The zero-order valence-corrected chi connectivity index (χ0v) is 13.5. The molecule has 0 radical (unpaired) electrons. The Balaban J connectivity index is 2.19. The van der Waals surface area contributed by atoms with Crippen molar-refractivity contribution < 1.29 is 19.0 Å². The van der Waals surface area contributed by atoms with E-state index >= 15 is 0 Å². The third-order valence-electron chi connectivity index (χ3n) is 2.81. The molecule has 3 nitrogen and oxygen atoms in total. The predicted molar refractivity (Wildman–Crippen MR) is 83.6 cm³/mol. The number of methoxy groups -OCH3 is 1.